The molecule has 2 aliphatic rings. The summed E-state index contributed by atoms with van der Waals surface area (Å²) in [6.07, 6.45) is 4.01. The van der Waals surface area contributed by atoms with Gasteiger partial charge in [-0.05, 0) is 57.1 Å². The van der Waals surface area contributed by atoms with Crippen molar-refractivity contribution in [1.29, 1.82) is 5.26 Å². The summed E-state index contributed by atoms with van der Waals surface area (Å²) in [5, 5.41) is 14.0. The summed E-state index contributed by atoms with van der Waals surface area (Å²) < 4.78 is 1.90. The van der Waals surface area contributed by atoms with Crippen molar-refractivity contribution in [2.45, 2.75) is 64.8 Å². The molecule has 4 rings (SSSR count). The van der Waals surface area contributed by atoms with Crippen molar-refractivity contribution < 1.29 is 9.59 Å². The topological polar surface area (TPSA) is 79.0 Å². The number of nitrogens with zero attached hydrogens (tertiary/aromatic N) is 4. The van der Waals surface area contributed by atoms with E-state index in [1.165, 1.54) is 0 Å². The Morgan fingerprint density at radius 2 is 1.90 bits per heavy atom. The fourth-order valence-corrected chi connectivity index (χ4v) is 4.58. The summed E-state index contributed by atoms with van der Waals surface area (Å²) in [5.41, 5.74) is 4.26. The highest BCUT2D eigenvalue weighted by Crippen LogP contribution is 2.47. The van der Waals surface area contributed by atoms with Gasteiger partial charge in [0.15, 0.2) is 5.78 Å². The summed E-state index contributed by atoms with van der Waals surface area (Å²) in [6, 6.07) is 9.70. The summed E-state index contributed by atoms with van der Waals surface area (Å²) in [7, 11) is 0. The lowest BCUT2D eigenvalue weighted by atomic mass is 9.94. The molecule has 1 saturated carbocycles. The highest BCUT2D eigenvalue weighted by Gasteiger charge is 2.37. The zero-order valence-electron chi connectivity index (χ0n) is 18.6. The first kappa shape index (κ1) is 21.3. The number of likely N-dealkylation sites (tertiary alicyclic amines) is 1. The number of hydrogen-bond donors (Lipinski definition) is 0. The Balaban J connectivity index is 1.66. The Morgan fingerprint density at radius 3 is 2.48 bits per heavy atom. The molecule has 6 nitrogen and oxygen atoms in total. The number of benzene rings is 1. The van der Waals surface area contributed by atoms with E-state index in [1.54, 1.807) is 12.1 Å². The van der Waals surface area contributed by atoms with Crippen LogP contribution in [-0.4, -0.2) is 39.5 Å². The molecule has 0 spiro atoms. The quantitative estimate of drug-likeness (QED) is 0.610. The van der Waals surface area contributed by atoms with Crippen molar-refractivity contribution >= 4 is 11.7 Å². The maximum absolute atomic E-state index is 13.6. The van der Waals surface area contributed by atoms with E-state index < -0.39 is 0 Å². The van der Waals surface area contributed by atoms with Gasteiger partial charge < -0.3 is 4.90 Å². The number of nitriles is 1. The Labute approximate surface area is 183 Å². The standard InChI is InChI=1S/C25H30N4O2/c1-4-22(31)28-12-11-18(15-28)13-21(30)25-23(19-9-10-19)24(27-29(25)16(2)3)20-7-5-17(14-26)6-8-20/h5-8,16,18-19H,4,9-13,15H2,1-3H3/t18-/m0/s1. The molecule has 1 saturated heterocycles. The van der Waals surface area contributed by atoms with Crippen molar-refractivity contribution in [2.75, 3.05) is 13.1 Å². The Morgan fingerprint density at radius 1 is 1.19 bits per heavy atom. The smallest absolute Gasteiger partial charge is 0.222 e. The molecule has 0 bridgehead atoms. The zero-order chi connectivity index (χ0) is 22.1. The van der Waals surface area contributed by atoms with Crippen LogP contribution in [0.25, 0.3) is 11.3 Å². The molecule has 162 valence electrons. The molecule has 0 unspecified atom stereocenters. The average molecular weight is 419 g/mol. The molecule has 2 fully saturated rings. The molecular formula is C25H30N4O2. The second-order valence-electron chi connectivity index (χ2n) is 9.09. The maximum Gasteiger partial charge on any atom is 0.222 e. The minimum Gasteiger partial charge on any atom is -0.342 e. The largest absolute Gasteiger partial charge is 0.342 e. The summed E-state index contributed by atoms with van der Waals surface area (Å²) >= 11 is 0. The van der Waals surface area contributed by atoms with E-state index in [9.17, 15) is 9.59 Å². The van der Waals surface area contributed by atoms with Gasteiger partial charge in [0.05, 0.1) is 17.3 Å². The molecule has 1 atom stereocenters. The van der Waals surface area contributed by atoms with Gasteiger partial charge >= 0.3 is 0 Å². The molecule has 0 N–H and O–H groups in total. The maximum atomic E-state index is 13.6. The second kappa shape index (κ2) is 8.66. The normalized spacial score (nSPS) is 18.4. The number of Topliss-reactive ketones (excluding diaryl/α,β-unsaturated/α-hetero) is 1. The van der Waals surface area contributed by atoms with E-state index >= 15 is 0 Å². The van der Waals surface area contributed by atoms with Gasteiger partial charge in [-0.1, -0.05) is 19.1 Å². The first-order chi connectivity index (χ1) is 14.9. The van der Waals surface area contributed by atoms with Gasteiger partial charge in [0.25, 0.3) is 0 Å². The molecule has 1 amide bonds. The SMILES string of the molecule is CCC(=O)N1CC[C@@H](CC(=O)c2c(C3CC3)c(-c3ccc(C#N)cc3)nn2C(C)C)C1. The van der Waals surface area contributed by atoms with Gasteiger partial charge in [0, 0.05) is 43.1 Å². The van der Waals surface area contributed by atoms with Crippen LogP contribution >= 0.6 is 0 Å². The van der Waals surface area contributed by atoms with Crippen LogP contribution in [0.5, 0.6) is 0 Å². The lowest BCUT2D eigenvalue weighted by Crippen LogP contribution is -2.28. The van der Waals surface area contributed by atoms with Crippen molar-refractivity contribution in [3.63, 3.8) is 0 Å². The minimum absolute atomic E-state index is 0.0744. The van der Waals surface area contributed by atoms with Crippen LogP contribution in [0.15, 0.2) is 24.3 Å². The van der Waals surface area contributed by atoms with Crippen LogP contribution in [0.4, 0.5) is 0 Å². The Kier molecular flexibility index (Phi) is 5.95. The van der Waals surface area contributed by atoms with Crippen LogP contribution < -0.4 is 0 Å². The minimum atomic E-state index is 0.0744. The van der Waals surface area contributed by atoms with Crippen LogP contribution in [0, 0.1) is 17.2 Å². The van der Waals surface area contributed by atoms with E-state index in [2.05, 4.69) is 19.9 Å². The van der Waals surface area contributed by atoms with Gasteiger partial charge in [-0.15, -0.1) is 0 Å². The average Bonchev–Trinajstić information content (AvgIpc) is 3.36. The molecule has 1 aromatic heterocycles. The van der Waals surface area contributed by atoms with Crippen molar-refractivity contribution in [3.8, 4) is 17.3 Å². The van der Waals surface area contributed by atoms with E-state index in [0.29, 0.717) is 30.9 Å². The van der Waals surface area contributed by atoms with Gasteiger partial charge in [-0.3, -0.25) is 14.3 Å². The molecule has 31 heavy (non-hydrogen) atoms. The number of ketones is 1. The van der Waals surface area contributed by atoms with Crippen LogP contribution in [0.2, 0.25) is 0 Å². The van der Waals surface area contributed by atoms with Gasteiger partial charge in [-0.25, -0.2) is 0 Å². The third kappa shape index (κ3) is 4.27. The molecule has 1 aromatic carbocycles. The number of rotatable bonds is 7. The number of carbonyl (C=O) groups is 2. The Bertz CT molecular complexity index is 1030. The lowest BCUT2D eigenvalue weighted by molar-refractivity contribution is -0.129. The molecule has 2 heterocycles. The van der Waals surface area contributed by atoms with Gasteiger partial charge in [0.1, 0.15) is 5.69 Å². The first-order valence-corrected chi connectivity index (χ1v) is 11.4. The third-order valence-corrected chi connectivity index (χ3v) is 6.39. The number of aromatic nitrogens is 2. The van der Waals surface area contributed by atoms with E-state index in [1.807, 2.05) is 28.6 Å². The highest BCUT2D eigenvalue weighted by atomic mass is 16.2. The third-order valence-electron chi connectivity index (χ3n) is 6.39. The monoisotopic (exact) mass is 418 g/mol. The molecule has 1 aliphatic carbocycles. The molecule has 2 aromatic rings. The van der Waals surface area contributed by atoms with E-state index in [0.717, 1.165) is 48.3 Å². The zero-order valence-corrected chi connectivity index (χ0v) is 18.6. The predicted molar refractivity (Wildman–Crippen MR) is 119 cm³/mol. The fourth-order valence-electron chi connectivity index (χ4n) is 4.58. The summed E-state index contributed by atoms with van der Waals surface area (Å²) in [6.45, 7) is 7.42. The van der Waals surface area contributed by atoms with Crippen LogP contribution in [-0.2, 0) is 4.79 Å². The lowest BCUT2D eigenvalue weighted by Gasteiger charge is -2.16. The predicted octanol–water partition coefficient (Wildman–Crippen LogP) is 4.71. The fraction of sp³-hybridized carbons (Fsp3) is 0.520. The highest BCUT2D eigenvalue weighted by molar-refractivity contribution is 5.98. The van der Waals surface area contributed by atoms with E-state index in [4.69, 9.17) is 10.4 Å². The number of hydrogen-bond acceptors (Lipinski definition) is 4. The molecule has 6 heteroatoms. The van der Waals surface area contributed by atoms with Gasteiger partial charge in [-0.2, -0.15) is 10.4 Å². The molecule has 0 radical (unpaired) electrons. The molecular weight excluding hydrogens is 388 g/mol. The molecule has 1 aliphatic heterocycles. The van der Waals surface area contributed by atoms with Crippen molar-refractivity contribution in [1.82, 2.24) is 14.7 Å². The number of carbonyl (C=O) groups excluding carboxylic acids is 2. The second-order valence-corrected chi connectivity index (χ2v) is 9.09. The van der Waals surface area contributed by atoms with Crippen molar-refractivity contribution in [3.05, 3.63) is 41.1 Å². The number of amides is 1. The van der Waals surface area contributed by atoms with Crippen molar-refractivity contribution in [2.24, 2.45) is 5.92 Å². The van der Waals surface area contributed by atoms with Crippen LogP contribution in [0.3, 0.4) is 0 Å². The summed E-state index contributed by atoms with van der Waals surface area (Å²) in [4.78, 5) is 27.5. The Hall–Kier alpha value is -2.94. The van der Waals surface area contributed by atoms with E-state index in [-0.39, 0.29) is 23.7 Å². The van der Waals surface area contributed by atoms with Gasteiger partial charge in [0.2, 0.25) is 5.91 Å². The summed E-state index contributed by atoms with van der Waals surface area (Å²) in [5.74, 6) is 0.894. The first-order valence-electron chi connectivity index (χ1n) is 11.4. The van der Waals surface area contributed by atoms with Crippen LogP contribution in [0.1, 0.15) is 86.5 Å².